The van der Waals surface area contributed by atoms with Crippen molar-refractivity contribution in [3.05, 3.63) is 90.2 Å². The van der Waals surface area contributed by atoms with E-state index in [1.165, 1.54) is 6.07 Å². The Bertz CT molecular complexity index is 1030. The molecule has 0 fully saturated rings. The fourth-order valence-electron chi connectivity index (χ4n) is 2.95. The third-order valence-electron chi connectivity index (χ3n) is 4.23. The van der Waals surface area contributed by atoms with E-state index in [-0.39, 0.29) is 5.82 Å². The number of para-hydroxylation sites is 1. The van der Waals surface area contributed by atoms with E-state index in [0.29, 0.717) is 12.4 Å². The van der Waals surface area contributed by atoms with E-state index in [1.54, 1.807) is 12.1 Å². The maximum Gasteiger partial charge on any atom is 0.162 e. The van der Waals surface area contributed by atoms with Crippen molar-refractivity contribution in [1.82, 2.24) is 9.97 Å². The Morgan fingerprint density at radius 2 is 1.62 bits per heavy atom. The highest BCUT2D eigenvalue weighted by atomic mass is 19.1. The summed E-state index contributed by atoms with van der Waals surface area (Å²) >= 11 is 0. The van der Waals surface area contributed by atoms with Crippen molar-refractivity contribution in [1.29, 1.82) is 0 Å². The van der Waals surface area contributed by atoms with Crippen molar-refractivity contribution in [2.45, 2.75) is 6.42 Å². The molecule has 0 aliphatic heterocycles. The first kappa shape index (κ1) is 16.2. The second kappa shape index (κ2) is 7.31. The molecule has 4 heteroatoms. The Hall–Kier alpha value is -3.27. The largest absolute Gasteiger partial charge is 0.369 e. The third-order valence-corrected chi connectivity index (χ3v) is 4.23. The Kier molecular flexibility index (Phi) is 4.56. The van der Waals surface area contributed by atoms with Gasteiger partial charge in [-0.05, 0) is 36.2 Å². The van der Waals surface area contributed by atoms with E-state index >= 15 is 0 Å². The third kappa shape index (κ3) is 3.54. The van der Waals surface area contributed by atoms with Crippen LogP contribution in [0.2, 0.25) is 0 Å². The lowest BCUT2D eigenvalue weighted by Gasteiger charge is -2.11. The Morgan fingerprint density at radius 3 is 2.46 bits per heavy atom. The van der Waals surface area contributed by atoms with Crippen LogP contribution in [0.5, 0.6) is 0 Å². The SMILES string of the molecule is Fc1cccc(CCNc2nc(-c3ccccc3)nc3ccccc23)c1. The summed E-state index contributed by atoms with van der Waals surface area (Å²) in [6, 6.07) is 24.6. The molecule has 3 nitrogen and oxygen atoms in total. The molecule has 0 unspecified atom stereocenters. The summed E-state index contributed by atoms with van der Waals surface area (Å²) < 4.78 is 13.3. The zero-order valence-corrected chi connectivity index (χ0v) is 14.2. The molecular weight excluding hydrogens is 325 g/mol. The number of anilines is 1. The van der Waals surface area contributed by atoms with Gasteiger partial charge in [0.15, 0.2) is 5.82 Å². The fourth-order valence-corrected chi connectivity index (χ4v) is 2.95. The molecule has 0 saturated carbocycles. The molecule has 0 radical (unpaired) electrons. The van der Waals surface area contributed by atoms with Crippen molar-refractivity contribution in [2.75, 3.05) is 11.9 Å². The highest BCUT2D eigenvalue weighted by Crippen LogP contribution is 2.24. The topological polar surface area (TPSA) is 37.8 Å². The molecule has 0 aliphatic rings. The minimum atomic E-state index is -0.207. The van der Waals surface area contributed by atoms with Gasteiger partial charge in [0.1, 0.15) is 11.6 Å². The van der Waals surface area contributed by atoms with E-state index in [2.05, 4.69) is 10.3 Å². The second-order valence-corrected chi connectivity index (χ2v) is 6.09. The van der Waals surface area contributed by atoms with Gasteiger partial charge >= 0.3 is 0 Å². The van der Waals surface area contributed by atoms with E-state index in [1.807, 2.05) is 60.7 Å². The van der Waals surface area contributed by atoms with Crippen LogP contribution in [-0.4, -0.2) is 16.5 Å². The van der Waals surface area contributed by atoms with Crippen molar-refractivity contribution in [2.24, 2.45) is 0 Å². The number of nitrogens with one attached hydrogen (secondary N) is 1. The normalized spacial score (nSPS) is 10.8. The molecule has 0 spiro atoms. The number of fused-ring (bicyclic) bond motifs is 1. The molecule has 0 atom stereocenters. The summed E-state index contributed by atoms with van der Waals surface area (Å²) in [4.78, 5) is 9.41. The Labute approximate surface area is 151 Å². The predicted octanol–water partition coefficient (Wildman–Crippen LogP) is 5.09. The molecule has 0 amide bonds. The predicted molar refractivity (Wildman–Crippen MR) is 104 cm³/mol. The molecule has 1 aromatic heterocycles. The quantitative estimate of drug-likeness (QED) is 0.548. The number of hydrogen-bond donors (Lipinski definition) is 1. The molecule has 4 aromatic rings. The molecule has 0 saturated heterocycles. The van der Waals surface area contributed by atoms with Gasteiger partial charge in [-0.2, -0.15) is 0 Å². The molecular formula is C22H18FN3. The van der Waals surface area contributed by atoms with Gasteiger partial charge in [0.2, 0.25) is 0 Å². The number of halogens is 1. The maximum atomic E-state index is 13.3. The lowest BCUT2D eigenvalue weighted by Crippen LogP contribution is -2.08. The monoisotopic (exact) mass is 343 g/mol. The zero-order valence-electron chi connectivity index (χ0n) is 14.2. The first-order valence-corrected chi connectivity index (χ1v) is 8.60. The summed E-state index contributed by atoms with van der Waals surface area (Å²) in [7, 11) is 0. The minimum absolute atomic E-state index is 0.207. The molecule has 0 bridgehead atoms. The molecule has 128 valence electrons. The van der Waals surface area contributed by atoms with Gasteiger partial charge in [0, 0.05) is 17.5 Å². The first-order valence-electron chi connectivity index (χ1n) is 8.60. The van der Waals surface area contributed by atoms with Crippen LogP contribution in [0.4, 0.5) is 10.2 Å². The Balaban J connectivity index is 1.62. The lowest BCUT2D eigenvalue weighted by atomic mass is 10.1. The van der Waals surface area contributed by atoms with E-state index in [0.717, 1.165) is 34.3 Å². The summed E-state index contributed by atoms with van der Waals surface area (Å²) in [5.41, 5.74) is 2.83. The average Bonchev–Trinajstić information content (AvgIpc) is 2.68. The van der Waals surface area contributed by atoms with Crippen LogP contribution in [0.1, 0.15) is 5.56 Å². The van der Waals surface area contributed by atoms with Gasteiger partial charge in [-0.25, -0.2) is 14.4 Å². The maximum absolute atomic E-state index is 13.3. The zero-order chi connectivity index (χ0) is 17.8. The number of nitrogens with zero attached hydrogens (tertiary/aromatic N) is 2. The van der Waals surface area contributed by atoms with Crippen molar-refractivity contribution in [3.8, 4) is 11.4 Å². The van der Waals surface area contributed by atoms with Crippen LogP contribution in [0.15, 0.2) is 78.9 Å². The van der Waals surface area contributed by atoms with Crippen LogP contribution in [0.25, 0.3) is 22.3 Å². The molecule has 26 heavy (non-hydrogen) atoms. The average molecular weight is 343 g/mol. The van der Waals surface area contributed by atoms with Crippen molar-refractivity contribution in [3.63, 3.8) is 0 Å². The summed E-state index contributed by atoms with van der Waals surface area (Å²) in [5, 5.41) is 4.37. The molecule has 0 aliphatic carbocycles. The highest BCUT2D eigenvalue weighted by Gasteiger charge is 2.09. The van der Waals surface area contributed by atoms with Crippen LogP contribution in [-0.2, 0) is 6.42 Å². The van der Waals surface area contributed by atoms with E-state index in [4.69, 9.17) is 4.98 Å². The molecule has 1 heterocycles. The van der Waals surface area contributed by atoms with E-state index in [9.17, 15) is 4.39 Å². The van der Waals surface area contributed by atoms with Gasteiger partial charge in [-0.3, -0.25) is 0 Å². The van der Waals surface area contributed by atoms with Crippen LogP contribution >= 0.6 is 0 Å². The number of aromatic nitrogens is 2. The van der Waals surface area contributed by atoms with Gasteiger partial charge in [-0.15, -0.1) is 0 Å². The van der Waals surface area contributed by atoms with Gasteiger partial charge in [0.05, 0.1) is 5.52 Å². The molecule has 3 aromatic carbocycles. The molecule has 1 N–H and O–H groups in total. The standard InChI is InChI=1S/C22H18FN3/c23-18-10-6-7-16(15-18)13-14-24-22-19-11-4-5-12-20(19)25-21(26-22)17-8-2-1-3-9-17/h1-12,15H,13-14H2,(H,24,25,26). The minimum Gasteiger partial charge on any atom is -0.369 e. The fraction of sp³-hybridized carbons (Fsp3) is 0.0909. The summed E-state index contributed by atoms with van der Waals surface area (Å²) in [5.74, 6) is 1.28. The lowest BCUT2D eigenvalue weighted by molar-refractivity contribution is 0.625. The second-order valence-electron chi connectivity index (χ2n) is 6.09. The summed E-state index contributed by atoms with van der Waals surface area (Å²) in [6.45, 7) is 0.665. The first-order chi connectivity index (χ1) is 12.8. The van der Waals surface area contributed by atoms with Crippen molar-refractivity contribution >= 4 is 16.7 Å². The number of benzene rings is 3. The Morgan fingerprint density at radius 1 is 0.808 bits per heavy atom. The van der Waals surface area contributed by atoms with Crippen LogP contribution in [0.3, 0.4) is 0 Å². The van der Waals surface area contributed by atoms with Gasteiger partial charge in [-0.1, -0.05) is 54.6 Å². The van der Waals surface area contributed by atoms with E-state index < -0.39 is 0 Å². The van der Waals surface area contributed by atoms with Crippen LogP contribution < -0.4 is 5.32 Å². The van der Waals surface area contributed by atoms with Crippen LogP contribution in [0, 0.1) is 5.82 Å². The molecule has 4 rings (SSSR count). The number of rotatable bonds is 5. The smallest absolute Gasteiger partial charge is 0.162 e. The van der Waals surface area contributed by atoms with Gasteiger partial charge < -0.3 is 5.32 Å². The number of hydrogen-bond acceptors (Lipinski definition) is 3. The van der Waals surface area contributed by atoms with Crippen molar-refractivity contribution < 1.29 is 4.39 Å². The van der Waals surface area contributed by atoms with Gasteiger partial charge in [0.25, 0.3) is 0 Å². The summed E-state index contributed by atoms with van der Waals surface area (Å²) in [6.07, 6.45) is 0.719. The highest BCUT2D eigenvalue weighted by molar-refractivity contribution is 5.90.